The molecule has 1 atom stereocenters. The summed E-state index contributed by atoms with van der Waals surface area (Å²) in [6.07, 6.45) is 1.39. The number of carbonyl (C=O) groups is 1. The molecule has 2 heterocycles. The zero-order valence-corrected chi connectivity index (χ0v) is 23.7. The summed E-state index contributed by atoms with van der Waals surface area (Å²) in [7, 11) is -3.75. The number of aliphatic hydroxyl groups is 1. The summed E-state index contributed by atoms with van der Waals surface area (Å²) in [5.74, 6) is 1.06. The number of hydrogen-bond acceptors (Lipinski definition) is 8. The topological polar surface area (TPSA) is 134 Å². The van der Waals surface area contributed by atoms with Crippen LogP contribution in [0.4, 0.5) is 16.3 Å². The Balaban J connectivity index is 1.50. The first-order chi connectivity index (χ1) is 19.2. The van der Waals surface area contributed by atoms with Crippen LogP contribution in [0.15, 0.2) is 59.5 Å². The predicted octanol–water partition coefficient (Wildman–Crippen LogP) is 3.99. The number of hydrogen-bond donors (Lipinski definition) is 3. The Morgan fingerprint density at radius 1 is 1.15 bits per heavy atom. The first kappa shape index (κ1) is 28.3. The van der Waals surface area contributed by atoms with Crippen LogP contribution in [0.3, 0.4) is 0 Å². The van der Waals surface area contributed by atoms with Crippen LogP contribution in [0.2, 0.25) is 5.02 Å². The van der Waals surface area contributed by atoms with E-state index in [1.165, 1.54) is 12.1 Å². The number of nitrogens with one attached hydrogen (secondary N) is 2. The lowest BCUT2D eigenvalue weighted by molar-refractivity contribution is 0.0985. The van der Waals surface area contributed by atoms with Gasteiger partial charge in [-0.05, 0) is 74.7 Å². The number of urea groups is 1. The SMILES string of the molecule is C[C@H]1COCCN1c1cc(C2(S(=O)(=O)c3ccc(Cl)cc3)CC2)nc(-c2ccc(NC(=O)NCCCO)cc2)n1. The lowest BCUT2D eigenvalue weighted by Gasteiger charge is -2.34. The van der Waals surface area contributed by atoms with Crippen molar-refractivity contribution in [1.82, 2.24) is 15.3 Å². The molecule has 1 aromatic heterocycles. The summed E-state index contributed by atoms with van der Waals surface area (Å²) in [6.45, 7) is 4.13. The molecule has 0 radical (unpaired) electrons. The van der Waals surface area contributed by atoms with E-state index in [0.29, 0.717) is 79.2 Å². The van der Waals surface area contributed by atoms with Crippen molar-refractivity contribution >= 4 is 39.0 Å². The molecule has 2 aromatic carbocycles. The number of amides is 2. The van der Waals surface area contributed by atoms with E-state index in [1.807, 2.05) is 6.92 Å². The number of ether oxygens (including phenoxy) is 1. The second-order valence-electron chi connectivity index (χ2n) is 10.0. The number of halogens is 1. The highest BCUT2D eigenvalue weighted by molar-refractivity contribution is 7.92. The molecule has 1 saturated carbocycles. The van der Waals surface area contributed by atoms with Gasteiger partial charge in [-0.3, -0.25) is 0 Å². The van der Waals surface area contributed by atoms with Crippen molar-refractivity contribution in [1.29, 1.82) is 0 Å². The van der Waals surface area contributed by atoms with Crippen LogP contribution in [0.25, 0.3) is 11.4 Å². The monoisotopic (exact) mass is 585 g/mol. The fourth-order valence-corrected chi connectivity index (χ4v) is 6.88. The number of benzene rings is 2. The van der Waals surface area contributed by atoms with E-state index in [2.05, 4.69) is 15.5 Å². The summed E-state index contributed by atoms with van der Waals surface area (Å²) in [5, 5.41) is 14.8. The average molecular weight is 586 g/mol. The van der Waals surface area contributed by atoms with Crippen molar-refractivity contribution in [3.63, 3.8) is 0 Å². The molecule has 1 aliphatic carbocycles. The minimum absolute atomic E-state index is 0.00153. The van der Waals surface area contributed by atoms with Gasteiger partial charge in [-0.25, -0.2) is 23.2 Å². The molecule has 2 amide bonds. The van der Waals surface area contributed by atoms with Gasteiger partial charge in [0.05, 0.1) is 29.8 Å². The van der Waals surface area contributed by atoms with Crippen LogP contribution in [-0.4, -0.2) is 68.5 Å². The van der Waals surface area contributed by atoms with Gasteiger partial charge in [-0.15, -0.1) is 0 Å². The van der Waals surface area contributed by atoms with Crippen molar-refractivity contribution in [2.75, 3.05) is 43.1 Å². The number of carbonyl (C=O) groups excluding carboxylic acids is 1. The number of aromatic nitrogens is 2. The van der Waals surface area contributed by atoms with Crippen LogP contribution >= 0.6 is 11.6 Å². The van der Waals surface area contributed by atoms with Gasteiger partial charge in [0.25, 0.3) is 0 Å². The largest absolute Gasteiger partial charge is 0.396 e. The highest BCUT2D eigenvalue weighted by Crippen LogP contribution is 2.55. The van der Waals surface area contributed by atoms with Gasteiger partial charge < -0.3 is 25.4 Å². The van der Waals surface area contributed by atoms with Crippen molar-refractivity contribution in [3.8, 4) is 11.4 Å². The highest BCUT2D eigenvalue weighted by atomic mass is 35.5. The number of rotatable bonds is 9. The third-order valence-electron chi connectivity index (χ3n) is 7.21. The van der Waals surface area contributed by atoms with Gasteiger partial charge in [0, 0.05) is 42.0 Å². The van der Waals surface area contributed by atoms with Gasteiger partial charge in [0.15, 0.2) is 15.7 Å². The normalized spacial score (nSPS) is 18.3. The lowest BCUT2D eigenvalue weighted by atomic mass is 10.1. The van der Waals surface area contributed by atoms with Crippen LogP contribution < -0.4 is 15.5 Å². The molecule has 2 fully saturated rings. The molecule has 2 aliphatic rings. The molecule has 3 aromatic rings. The van der Waals surface area contributed by atoms with E-state index in [4.69, 9.17) is 31.4 Å². The molecule has 1 saturated heterocycles. The molecule has 40 heavy (non-hydrogen) atoms. The Bertz CT molecular complexity index is 1460. The summed E-state index contributed by atoms with van der Waals surface area (Å²) in [5.41, 5.74) is 1.73. The fraction of sp³-hybridized carbons (Fsp3) is 0.393. The minimum Gasteiger partial charge on any atom is -0.396 e. The van der Waals surface area contributed by atoms with E-state index in [9.17, 15) is 13.2 Å². The number of nitrogens with zero attached hydrogens (tertiary/aromatic N) is 3. The zero-order valence-electron chi connectivity index (χ0n) is 22.1. The van der Waals surface area contributed by atoms with Gasteiger partial charge >= 0.3 is 6.03 Å². The summed E-state index contributed by atoms with van der Waals surface area (Å²) in [6, 6.07) is 14.8. The van der Waals surface area contributed by atoms with Crippen molar-refractivity contribution < 1.29 is 23.1 Å². The predicted molar refractivity (Wildman–Crippen MR) is 153 cm³/mol. The number of morpholine rings is 1. The molecule has 10 nitrogen and oxygen atoms in total. The molecule has 3 N–H and O–H groups in total. The van der Waals surface area contributed by atoms with Crippen molar-refractivity contribution in [3.05, 3.63) is 65.3 Å². The van der Waals surface area contributed by atoms with E-state index < -0.39 is 14.6 Å². The molecule has 5 rings (SSSR count). The smallest absolute Gasteiger partial charge is 0.319 e. The van der Waals surface area contributed by atoms with Crippen LogP contribution in [0.1, 0.15) is 31.9 Å². The van der Waals surface area contributed by atoms with Gasteiger partial charge in [-0.1, -0.05) is 11.6 Å². The molecular formula is C28H32ClN5O5S. The molecule has 212 valence electrons. The molecule has 1 aliphatic heterocycles. The number of aliphatic hydroxyl groups excluding tert-OH is 1. The lowest BCUT2D eigenvalue weighted by Crippen LogP contribution is -2.44. The number of sulfone groups is 1. The van der Waals surface area contributed by atoms with Crippen LogP contribution in [0.5, 0.6) is 0 Å². The first-order valence-corrected chi connectivity index (χ1v) is 15.1. The van der Waals surface area contributed by atoms with E-state index in [1.54, 1.807) is 42.5 Å². The third kappa shape index (κ3) is 5.78. The van der Waals surface area contributed by atoms with Gasteiger partial charge in [0.1, 0.15) is 10.6 Å². The standard InChI is InChI=1S/C28H32ClN5O5S/c1-19-18-39-16-14-34(19)25-17-24(28(11-12-28)40(37,38)23-9-5-21(29)6-10-23)32-26(33-25)20-3-7-22(8-4-20)31-27(36)30-13-2-15-35/h3-10,17,19,35H,2,11-16,18H2,1H3,(H2,30,31,36)/t19-/m0/s1. The van der Waals surface area contributed by atoms with Gasteiger partial charge in [0.2, 0.25) is 0 Å². The Morgan fingerprint density at radius 2 is 1.88 bits per heavy atom. The highest BCUT2D eigenvalue weighted by Gasteiger charge is 2.58. The summed E-state index contributed by atoms with van der Waals surface area (Å²) < 4.78 is 32.2. The Kier molecular flexibility index (Phi) is 8.27. The Labute approximate surface area is 238 Å². The Hall–Kier alpha value is -3.25. The van der Waals surface area contributed by atoms with E-state index in [0.717, 1.165) is 0 Å². The maximum absolute atomic E-state index is 13.9. The minimum atomic E-state index is -3.75. The quantitative estimate of drug-likeness (QED) is 0.321. The first-order valence-electron chi connectivity index (χ1n) is 13.2. The zero-order chi connectivity index (χ0) is 28.3. The van der Waals surface area contributed by atoms with Crippen LogP contribution in [-0.2, 0) is 19.3 Å². The average Bonchev–Trinajstić information content (AvgIpc) is 3.77. The molecule has 0 spiro atoms. The molecule has 12 heteroatoms. The van der Waals surface area contributed by atoms with E-state index in [-0.39, 0.29) is 23.6 Å². The maximum Gasteiger partial charge on any atom is 0.319 e. The van der Waals surface area contributed by atoms with Crippen molar-refractivity contribution in [2.45, 2.75) is 41.9 Å². The molecule has 0 bridgehead atoms. The summed E-state index contributed by atoms with van der Waals surface area (Å²) >= 11 is 6.02. The number of anilines is 2. The molecular weight excluding hydrogens is 554 g/mol. The maximum atomic E-state index is 13.9. The van der Waals surface area contributed by atoms with Crippen molar-refractivity contribution in [2.24, 2.45) is 0 Å². The molecule has 0 unspecified atom stereocenters. The second kappa shape index (κ2) is 11.7. The fourth-order valence-electron chi connectivity index (χ4n) is 4.79. The van der Waals surface area contributed by atoms with Gasteiger partial charge in [-0.2, -0.15) is 0 Å². The summed E-state index contributed by atoms with van der Waals surface area (Å²) in [4.78, 5) is 24.1. The third-order valence-corrected chi connectivity index (χ3v) is 10.00. The van der Waals surface area contributed by atoms with E-state index >= 15 is 0 Å². The second-order valence-corrected chi connectivity index (χ2v) is 12.7. The Morgan fingerprint density at radius 3 is 2.52 bits per heavy atom. The van der Waals surface area contributed by atoms with Crippen LogP contribution in [0, 0.1) is 0 Å².